The molecule has 126 valence electrons. The van der Waals surface area contributed by atoms with Crippen LogP contribution in [0.15, 0.2) is 60.8 Å². The summed E-state index contributed by atoms with van der Waals surface area (Å²) < 4.78 is 15.1. The van der Waals surface area contributed by atoms with Crippen LogP contribution in [0.2, 0.25) is 0 Å². The van der Waals surface area contributed by atoms with Crippen molar-refractivity contribution in [2.45, 2.75) is 13.5 Å². The van der Waals surface area contributed by atoms with Crippen molar-refractivity contribution in [3.8, 4) is 23.0 Å². The van der Waals surface area contributed by atoms with E-state index < -0.39 is 0 Å². The number of halogens is 1. The van der Waals surface area contributed by atoms with Crippen LogP contribution < -0.4 is 0 Å². The van der Waals surface area contributed by atoms with Gasteiger partial charge in [-0.3, -0.25) is 4.90 Å². The maximum Gasteiger partial charge on any atom is 0.123 e. The maximum atomic E-state index is 13.3. The van der Waals surface area contributed by atoms with Crippen LogP contribution in [-0.4, -0.2) is 27.8 Å². The molecule has 3 rings (SSSR count). The molecule has 0 aliphatic heterocycles. The molecule has 0 amide bonds. The van der Waals surface area contributed by atoms with Crippen LogP contribution in [0.1, 0.15) is 12.5 Å². The van der Waals surface area contributed by atoms with Crippen LogP contribution >= 0.6 is 0 Å². The van der Waals surface area contributed by atoms with Gasteiger partial charge in [-0.15, -0.1) is 0 Å². The summed E-state index contributed by atoms with van der Waals surface area (Å²) in [5, 5.41) is 13.7. The zero-order valence-electron chi connectivity index (χ0n) is 14.1. The third-order valence-electron chi connectivity index (χ3n) is 4.06. The molecular formula is C20H19FN4. The van der Waals surface area contributed by atoms with Gasteiger partial charge in [0, 0.05) is 23.9 Å². The quantitative estimate of drug-likeness (QED) is 0.640. The molecule has 0 aliphatic carbocycles. The van der Waals surface area contributed by atoms with Gasteiger partial charge >= 0.3 is 0 Å². The third-order valence-corrected chi connectivity index (χ3v) is 4.06. The van der Waals surface area contributed by atoms with Crippen molar-refractivity contribution >= 4 is 0 Å². The van der Waals surface area contributed by atoms with Crippen LogP contribution in [0, 0.1) is 17.1 Å². The molecule has 0 spiro atoms. The van der Waals surface area contributed by atoms with Crippen molar-refractivity contribution in [1.82, 2.24) is 14.7 Å². The van der Waals surface area contributed by atoms with Crippen molar-refractivity contribution in [2.24, 2.45) is 0 Å². The molecular weight excluding hydrogens is 315 g/mol. The molecule has 25 heavy (non-hydrogen) atoms. The Balaban J connectivity index is 2.03. The fourth-order valence-corrected chi connectivity index (χ4v) is 2.71. The van der Waals surface area contributed by atoms with Gasteiger partial charge in [0.25, 0.3) is 0 Å². The summed E-state index contributed by atoms with van der Waals surface area (Å²) >= 11 is 0. The average molecular weight is 334 g/mol. The predicted molar refractivity (Wildman–Crippen MR) is 95.5 cm³/mol. The second-order valence-corrected chi connectivity index (χ2v) is 5.75. The van der Waals surface area contributed by atoms with E-state index in [9.17, 15) is 4.39 Å². The van der Waals surface area contributed by atoms with E-state index in [1.165, 1.54) is 12.1 Å². The van der Waals surface area contributed by atoms with Crippen LogP contribution in [0.3, 0.4) is 0 Å². The number of para-hydroxylation sites is 1. The molecule has 4 nitrogen and oxygen atoms in total. The molecule has 0 bridgehead atoms. The second kappa shape index (κ2) is 7.73. The van der Waals surface area contributed by atoms with Crippen LogP contribution in [-0.2, 0) is 6.54 Å². The lowest BCUT2D eigenvalue weighted by Gasteiger charge is -2.16. The van der Waals surface area contributed by atoms with E-state index >= 15 is 0 Å². The van der Waals surface area contributed by atoms with E-state index in [1.807, 2.05) is 53.0 Å². The minimum atomic E-state index is -0.271. The molecule has 3 aromatic rings. The van der Waals surface area contributed by atoms with Gasteiger partial charge in [-0.25, -0.2) is 9.07 Å². The summed E-state index contributed by atoms with van der Waals surface area (Å²) in [5.41, 5.74) is 3.63. The minimum absolute atomic E-state index is 0.271. The summed E-state index contributed by atoms with van der Waals surface area (Å²) in [4.78, 5) is 2.04. The highest BCUT2D eigenvalue weighted by molar-refractivity contribution is 5.63. The van der Waals surface area contributed by atoms with Crippen molar-refractivity contribution in [3.05, 3.63) is 72.2 Å². The summed E-state index contributed by atoms with van der Waals surface area (Å²) in [7, 11) is 0. The van der Waals surface area contributed by atoms with Crippen LogP contribution in [0.25, 0.3) is 16.9 Å². The highest BCUT2D eigenvalue weighted by Crippen LogP contribution is 2.25. The zero-order valence-corrected chi connectivity index (χ0v) is 14.1. The van der Waals surface area contributed by atoms with E-state index in [4.69, 9.17) is 10.4 Å². The molecule has 0 aliphatic rings. The number of nitrogens with zero attached hydrogens (tertiary/aromatic N) is 4. The first-order chi connectivity index (χ1) is 12.2. The number of aromatic nitrogens is 2. The van der Waals surface area contributed by atoms with Crippen molar-refractivity contribution < 1.29 is 4.39 Å². The molecule has 2 aromatic carbocycles. The van der Waals surface area contributed by atoms with E-state index in [2.05, 4.69) is 6.07 Å². The number of rotatable bonds is 6. The molecule has 5 heteroatoms. The molecule has 0 saturated carbocycles. The van der Waals surface area contributed by atoms with Gasteiger partial charge < -0.3 is 0 Å². The average Bonchev–Trinajstić information content (AvgIpc) is 3.06. The summed E-state index contributed by atoms with van der Waals surface area (Å²) in [6, 6.07) is 18.4. The van der Waals surface area contributed by atoms with Crippen LogP contribution in [0.5, 0.6) is 0 Å². The Morgan fingerprint density at radius 1 is 1.12 bits per heavy atom. The van der Waals surface area contributed by atoms with Gasteiger partial charge in [-0.05, 0) is 42.9 Å². The molecule has 0 N–H and O–H groups in total. The molecule has 0 atom stereocenters. The largest absolute Gasteiger partial charge is 0.286 e. The Kier molecular flexibility index (Phi) is 5.22. The van der Waals surface area contributed by atoms with Crippen LogP contribution in [0.4, 0.5) is 4.39 Å². The Hall–Kier alpha value is -2.97. The van der Waals surface area contributed by atoms with E-state index in [-0.39, 0.29) is 5.82 Å². The number of benzene rings is 2. The van der Waals surface area contributed by atoms with E-state index in [0.717, 1.165) is 29.1 Å². The van der Waals surface area contributed by atoms with Gasteiger partial charge in [0.15, 0.2) is 0 Å². The lowest BCUT2D eigenvalue weighted by atomic mass is 10.1. The second-order valence-electron chi connectivity index (χ2n) is 5.75. The Morgan fingerprint density at radius 3 is 2.48 bits per heavy atom. The first-order valence-corrected chi connectivity index (χ1v) is 8.20. The lowest BCUT2D eigenvalue weighted by molar-refractivity contribution is 0.315. The van der Waals surface area contributed by atoms with Gasteiger partial charge in [0.1, 0.15) is 5.82 Å². The third kappa shape index (κ3) is 3.93. The first-order valence-electron chi connectivity index (χ1n) is 8.20. The first kappa shape index (κ1) is 16.9. The summed E-state index contributed by atoms with van der Waals surface area (Å²) in [5.74, 6) is -0.271. The number of nitriles is 1. The lowest BCUT2D eigenvalue weighted by Crippen LogP contribution is -2.23. The van der Waals surface area contributed by atoms with Gasteiger partial charge in [-0.2, -0.15) is 10.4 Å². The Labute approximate surface area is 146 Å². The monoisotopic (exact) mass is 334 g/mol. The topological polar surface area (TPSA) is 44.9 Å². The Morgan fingerprint density at radius 2 is 1.84 bits per heavy atom. The maximum absolute atomic E-state index is 13.3. The predicted octanol–water partition coefficient (Wildman–Crippen LogP) is 4.02. The molecule has 1 aromatic heterocycles. The molecule has 0 unspecified atom stereocenters. The highest BCUT2D eigenvalue weighted by atomic mass is 19.1. The zero-order chi connectivity index (χ0) is 17.6. The molecule has 0 fully saturated rings. The van der Waals surface area contributed by atoms with E-state index in [0.29, 0.717) is 13.1 Å². The van der Waals surface area contributed by atoms with Gasteiger partial charge in [-0.1, -0.05) is 25.1 Å². The summed E-state index contributed by atoms with van der Waals surface area (Å²) in [6.07, 6.45) is 1.98. The fraction of sp³-hybridized carbons (Fsp3) is 0.200. The smallest absolute Gasteiger partial charge is 0.123 e. The highest BCUT2D eigenvalue weighted by Gasteiger charge is 2.15. The van der Waals surface area contributed by atoms with Gasteiger partial charge in [0.05, 0.1) is 24.0 Å². The van der Waals surface area contributed by atoms with Crippen molar-refractivity contribution in [1.29, 1.82) is 5.26 Å². The standard InChI is InChI=1S/C20H19FN4/c1-2-24(13-12-22)14-17-15-25(19-6-4-3-5-7-19)23-20(17)16-8-10-18(21)11-9-16/h3-11,15H,2,13-14H2,1H3. The number of hydrogen-bond donors (Lipinski definition) is 0. The van der Waals surface area contributed by atoms with Crippen molar-refractivity contribution in [2.75, 3.05) is 13.1 Å². The molecule has 0 saturated heterocycles. The fourth-order valence-electron chi connectivity index (χ4n) is 2.71. The van der Waals surface area contributed by atoms with Gasteiger partial charge in [0.2, 0.25) is 0 Å². The number of hydrogen-bond acceptors (Lipinski definition) is 3. The Bertz CT molecular complexity index is 863. The molecule has 0 radical (unpaired) electrons. The van der Waals surface area contributed by atoms with E-state index in [1.54, 1.807) is 12.1 Å². The normalized spacial score (nSPS) is 10.8. The minimum Gasteiger partial charge on any atom is -0.286 e. The summed E-state index contributed by atoms with van der Waals surface area (Å²) in [6.45, 7) is 3.77. The molecule has 1 heterocycles. The SMILES string of the molecule is CCN(CC#N)Cc1cn(-c2ccccc2)nc1-c1ccc(F)cc1. The van der Waals surface area contributed by atoms with Crippen molar-refractivity contribution in [3.63, 3.8) is 0 Å².